The number of hydrogen-bond acceptors (Lipinski definition) is 3. The van der Waals surface area contributed by atoms with Crippen molar-refractivity contribution in [2.75, 3.05) is 20.2 Å². The van der Waals surface area contributed by atoms with E-state index in [1.54, 1.807) is 12.1 Å². The topological polar surface area (TPSA) is 49.8 Å². The molecule has 1 aliphatic rings. The molecule has 0 amide bonds. The van der Waals surface area contributed by atoms with E-state index in [2.05, 4.69) is 89.9 Å². The molecular weight excluding hydrogens is 482 g/mol. The highest BCUT2D eigenvalue weighted by Gasteiger charge is 2.37. The number of benzene rings is 3. The molecule has 4 heteroatoms. The van der Waals surface area contributed by atoms with E-state index in [9.17, 15) is 9.90 Å². The van der Waals surface area contributed by atoms with Gasteiger partial charge in [0.15, 0.2) is 0 Å². The van der Waals surface area contributed by atoms with E-state index in [0.717, 1.165) is 47.4 Å². The van der Waals surface area contributed by atoms with Crippen LogP contribution in [0.5, 0.6) is 5.75 Å². The molecule has 0 bridgehead atoms. The standard InChI is InChI=1S/C35H45NO3/c1-24(2)36(7)20-8-9-21-39-32-17-15-27(25-10-12-26(13-11-25)33(37)38)22-29(32)28-14-16-30-31(23-28)35(5,6)19-18-34(30,3)4/h10-17,22-24H,8-9,18-21H2,1-7H3,(H,37,38). The number of fused-ring (bicyclic) bond motifs is 1. The molecule has 0 spiro atoms. The fourth-order valence-corrected chi connectivity index (χ4v) is 5.53. The third-order valence-electron chi connectivity index (χ3n) is 8.65. The van der Waals surface area contributed by atoms with Gasteiger partial charge in [0, 0.05) is 11.6 Å². The Hall–Kier alpha value is -3.11. The van der Waals surface area contributed by atoms with Crippen LogP contribution in [-0.4, -0.2) is 42.2 Å². The Kier molecular flexibility index (Phi) is 8.56. The van der Waals surface area contributed by atoms with E-state index in [1.165, 1.54) is 24.0 Å². The molecule has 0 heterocycles. The van der Waals surface area contributed by atoms with Gasteiger partial charge in [-0.05, 0) is 116 Å². The zero-order valence-corrected chi connectivity index (χ0v) is 24.8. The molecule has 4 rings (SSSR count). The van der Waals surface area contributed by atoms with Gasteiger partial charge in [0.1, 0.15) is 5.75 Å². The molecule has 0 unspecified atom stereocenters. The Bertz CT molecular complexity index is 1300. The van der Waals surface area contributed by atoms with Crippen molar-refractivity contribution in [1.82, 2.24) is 4.90 Å². The molecule has 3 aromatic rings. The van der Waals surface area contributed by atoms with Gasteiger partial charge in [0.2, 0.25) is 0 Å². The molecule has 0 atom stereocenters. The summed E-state index contributed by atoms with van der Waals surface area (Å²) in [7, 11) is 2.17. The second-order valence-corrected chi connectivity index (χ2v) is 12.8. The maximum atomic E-state index is 11.3. The number of carboxylic acids is 1. The van der Waals surface area contributed by atoms with Gasteiger partial charge in [-0.1, -0.05) is 64.1 Å². The number of carboxylic acid groups (broad SMARTS) is 1. The highest BCUT2D eigenvalue weighted by Crippen LogP contribution is 2.47. The fourth-order valence-electron chi connectivity index (χ4n) is 5.53. The number of carbonyl (C=O) groups is 1. The van der Waals surface area contributed by atoms with Gasteiger partial charge in [0.05, 0.1) is 12.2 Å². The minimum Gasteiger partial charge on any atom is -0.493 e. The van der Waals surface area contributed by atoms with Gasteiger partial charge in [-0.2, -0.15) is 0 Å². The van der Waals surface area contributed by atoms with E-state index in [4.69, 9.17) is 4.74 Å². The third-order valence-corrected chi connectivity index (χ3v) is 8.65. The first kappa shape index (κ1) is 28.9. The molecule has 0 radical (unpaired) electrons. The fraction of sp³-hybridized carbons (Fsp3) is 0.457. The Morgan fingerprint density at radius 3 is 2.10 bits per heavy atom. The molecule has 39 heavy (non-hydrogen) atoms. The van der Waals surface area contributed by atoms with Crippen molar-refractivity contribution in [1.29, 1.82) is 0 Å². The van der Waals surface area contributed by atoms with Crippen molar-refractivity contribution in [3.8, 4) is 28.0 Å². The maximum absolute atomic E-state index is 11.3. The van der Waals surface area contributed by atoms with Gasteiger partial charge in [-0.15, -0.1) is 0 Å². The van der Waals surface area contributed by atoms with Crippen LogP contribution in [0.4, 0.5) is 0 Å². The molecular formula is C35H45NO3. The molecule has 0 fully saturated rings. The lowest BCUT2D eigenvalue weighted by atomic mass is 9.63. The van der Waals surface area contributed by atoms with Crippen LogP contribution in [0.25, 0.3) is 22.3 Å². The molecule has 0 aromatic heterocycles. The summed E-state index contributed by atoms with van der Waals surface area (Å²) >= 11 is 0. The molecule has 0 saturated heterocycles. The minimum atomic E-state index is -0.912. The molecule has 4 nitrogen and oxygen atoms in total. The predicted octanol–water partition coefficient (Wildman–Crippen LogP) is 8.57. The van der Waals surface area contributed by atoms with E-state index in [1.807, 2.05) is 12.1 Å². The number of nitrogens with zero attached hydrogens (tertiary/aromatic N) is 1. The van der Waals surface area contributed by atoms with Crippen molar-refractivity contribution in [3.05, 3.63) is 77.4 Å². The monoisotopic (exact) mass is 527 g/mol. The van der Waals surface area contributed by atoms with Crippen molar-refractivity contribution < 1.29 is 14.6 Å². The first-order valence-corrected chi connectivity index (χ1v) is 14.4. The first-order valence-electron chi connectivity index (χ1n) is 14.4. The molecule has 1 aliphatic carbocycles. The SMILES string of the molecule is CC(C)N(C)CCCCOc1ccc(-c2ccc(C(=O)O)cc2)cc1-c1ccc2c(c1)C(C)(C)CCC2(C)C. The number of ether oxygens (including phenoxy) is 1. The summed E-state index contributed by atoms with van der Waals surface area (Å²) in [5.41, 5.74) is 7.73. The highest BCUT2D eigenvalue weighted by atomic mass is 16.5. The summed E-state index contributed by atoms with van der Waals surface area (Å²) in [6, 6.07) is 20.9. The van der Waals surface area contributed by atoms with Crippen molar-refractivity contribution in [3.63, 3.8) is 0 Å². The van der Waals surface area contributed by atoms with Gasteiger partial charge in [0.25, 0.3) is 0 Å². The average Bonchev–Trinajstić information content (AvgIpc) is 2.91. The second-order valence-electron chi connectivity index (χ2n) is 12.8. The van der Waals surface area contributed by atoms with Crippen LogP contribution < -0.4 is 4.74 Å². The quantitative estimate of drug-likeness (QED) is 0.268. The zero-order valence-electron chi connectivity index (χ0n) is 24.8. The van der Waals surface area contributed by atoms with Crippen LogP contribution in [0.2, 0.25) is 0 Å². The lowest BCUT2D eigenvalue weighted by Gasteiger charge is -2.42. The van der Waals surface area contributed by atoms with Crippen LogP contribution in [0.15, 0.2) is 60.7 Å². The third kappa shape index (κ3) is 6.55. The van der Waals surface area contributed by atoms with E-state index >= 15 is 0 Å². The van der Waals surface area contributed by atoms with E-state index in [0.29, 0.717) is 18.2 Å². The van der Waals surface area contributed by atoms with Gasteiger partial charge >= 0.3 is 5.97 Å². The number of aromatic carboxylic acids is 1. The highest BCUT2D eigenvalue weighted by molar-refractivity contribution is 5.88. The zero-order chi connectivity index (χ0) is 28.4. The maximum Gasteiger partial charge on any atom is 0.335 e. The summed E-state index contributed by atoms with van der Waals surface area (Å²) in [6.07, 6.45) is 4.45. The lowest BCUT2D eigenvalue weighted by Crippen LogP contribution is -2.33. The summed E-state index contributed by atoms with van der Waals surface area (Å²) in [4.78, 5) is 13.7. The van der Waals surface area contributed by atoms with E-state index in [-0.39, 0.29) is 10.8 Å². The molecule has 3 aromatic carbocycles. The molecule has 0 saturated carbocycles. The number of hydrogen-bond donors (Lipinski definition) is 1. The molecule has 0 aliphatic heterocycles. The number of unbranched alkanes of at least 4 members (excludes halogenated alkanes) is 1. The second kappa shape index (κ2) is 11.6. The van der Waals surface area contributed by atoms with Crippen molar-refractivity contribution in [2.45, 2.75) is 84.1 Å². The summed E-state index contributed by atoms with van der Waals surface area (Å²) in [6.45, 7) is 15.6. The van der Waals surface area contributed by atoms with E-state index < -0.39 is 5.97 Å². The van der Waals surface area contributed by atoms with Crippen LogP contribution in [0.3, 0.4) is 0 Å². The lowest BCUT2D eigenvalue weighted by molar-refractivity contribution is 0.0697. The van der Waals surface area contributed by atoms with Crippen LogP contribution in [0, 0.1) is 0 Å². The average molecular weight is 528 g/mol. The minimum absolute atomic E-state index is 0.120. The van der Waals surface area contributed by atoms with Crippen LogP contribution in [0.1, 0.15) is 88.7 Å². The van der Waals surface area contributed by atoms with Gasteiger partial charge in [-0.25, -0.2) is 4.79 Å². The first-order chi connectivity index (χ1) is 18.4. The predicted molar refractivity (Wildman–Crippen MR) is 162 cm³/mol. The smallest absolute Gasteiger partial charge is 0.335 e. The molecule has 208 valence electrons. The summed E-state index contributed by atoms with van der Waals surface area (Å²) in [5, 5.41) is 9.31. The Morgan fingerprint density at radius 2 is 1.46 bits per heavy atom. The van der Waals surface area contributed by atoms with Crippen LogP contribution >= 0.6 is 0 Å². The Labute approximate surface area is 235 Å². The largest absolute Gasteiger partial charge is 0.493 e. The molecule has 1 N–H and O–H groups in total. The summed E-state index contributed by atoms with van der Waals surface area (Å²) < 4.78 is 6.42. The normalized spacial score (nSPS) is 15.8. The number of rotatable bonds is 10. The Morgan fingerprint density at radius 1 is 0.846 bits per heavy atom. The van der Waals surface area contributed by atoms with Crippen molar-refractivity contribution in [2.24, 2.45) is 0 Å². The van der Waals surface area contributed by atoms with Crippen LogP contribution in [-0.2, 0) is 10.8 Å². The van der Waals surface area contributed by atoms with Crippen molar-refractivity contribution >= 4 is 5.97 Å². The Balaban J connectivity index is 1.68. The van der Waals surface area contributed by atoms with Gasteiger partial charge < -0.3 is 14.7 Å². The summed E-state index contributed by atoms with van der Waals surface area (Å²) in [5.74, 6) is -0.0175. The van der Waals surface area contributed by atoms with Gasteiger partial charge in [-0.3, -0.25) is 0 Å².